The zero-order chi connectivity index (χ0) is 38.5. The van der Waals surface area contributed by atoms with E-state index in [2.05, 4.69) is 38.2 Å². The van der Waals surface area contributed by atoms with E-state index in [4.69, 9.17) is 18.5 Å². The molecule has 52 heavy (non-hydrogen) atoms. The summed E-state index contributed by atoms with van der Waals surface area (Å²) in [6.45, 7) is 4.16. The maximum absolute atomic E-state index is 12.7. The molecule has 0 saturated heterocycles. The zero-order valence-electron chi connectivity index (χ0n) is 32.1. The molecule has 0 aromatic carbocycles. The van der Waals surface area contributed by atoms with Gasteiger partial charge in [-0.1, -0.05) is 128 Å². The molecule has 0 aromatic rings. The van der Waals surface area contributed by atoms with Gasteiger partial charge in [-0.3, -0.25) is 13.8 Å². The summed E-state index contributed by atoms with van der Waals surface area (Å²) in [6.07, 6.45) is 19.9. The highest BCUT2D eigenvalue weighted by Gasteiger charge is 2.51. The lowest BCUT2D eigenvalue weighted by Crippen LogP contribution is -2.64. The van der Waals surface area contributed by atoms with Crippen LogP contribution in [0.4, 0.5) is 0 Å². The second-order valence-corrected chi connectivity index (χ2v) is 15.5. The van der Waals surface area contributed by atoms with Crippen LogP contribution in [0.15, 0.2) is 24.3 Å². The number of rotatable bonds is 33. The second kappa shape index (κ2) is 31.1. The Morgan fingerprint density at radius 3 is 1.63 bits per heavy atom. The molecule has 1 saturated carbocycles. The van der Waals surface area contributed by atoms with Crippen molar-refractivity contribution in [3.8, 4) is 0 Å². The van der Waals surface area contributed by atoms with Gasteiger partial charge in [0.1, 0.15) is 42.7 Å². The number of hydrogen-bond acceptors (Lipinski definition) is 11. The molecule has 1 fully saturated rings. The molecule has 0 heterocycles. The highest BCUT2D eigenvalue weighted by molar-refractivity contribution is 7.47. The van der Waals surface area contributed by atoms with E-state index in [0.717, 1.165) is 57.8 Å². The van der Waals surface area contributed by atoms with Crippen molar-refractivity contribution in [2.45, 2.75) is 198 Å². The molecule has 6 atom stereocenters. The monoisotopic (exact) mass is 764 g/mol. The van der Waals surface area contributed by atoms with Crippen molar-refractivity contribution in [1.82, 2.24) is 0 Å². The molecule has 13 heteroatoms. The summed E-state index contributed by atoms with van der Waals surface area (Å²) in [6, 6.07) is 0. The Hall–Kier alpha value is -1.18. The van der Waals surface area contributed by atoms with Crippen LogP contribution in [0.1, 0.15) is 155 Å². The van der Waals surface area contributed by atoms with Gasteiger partial charge < -0.3 is 39.9 Å². The molecule has 0 aliphatic heterocycles. The van der Waals surface area contributed by atoms with Crippen LogP contribution in [0.5, 0.6) is 0 Å². The molecule has 12 nitrogen and oxygen atoms in total. The average Bonchev–Trinajstić information content (AvgIpc) is 3.12. The van der Waals surface area contributed by atoms with Gasteiger partial charge >= 0.3 is 13.8 Å². The number of aliphatic hydroxyl groups excluding tert-OH is 5. The second-order valence-electron chi connectivity index (χ2n) is 14.1. The number of allylic oxidation sites excluding steroid dienone is 4. The van der Waals surface area contributed by atoms with Gasteiger partial charge in [0.15, 0.2) is 0 Å². The third kappa shape index (κ3) is 23.6. The molecule has 1 aliphatic rings. The summed E-state index contributed by atoms with van der Waals surface area (Å²) >= 11 is 0. The molecule has 0 radical (unpaired) electrons. The molecule has 6 N–H and O–H groups in total. The van der Waals surface area contributed by atoms with Crippen molar-refractivity contribution in [3.63, 3.8) is 0 Å². The highest BCUT2D eigenvalue weighted by atomic mass is 31.2. The van der Waals surface area contributed by atoms with Crippen molar-refractivity contribution in [1.29, 1.82) is 0 Å². The quantitative estimate of drug-likeness (QED) is 0.0174. The molecule has 1 aliphatic carbocycles. The third-order valence-corrected chi connectivity index (χ3v) is 10.3. The Labute approximate surface area is 313 Å². The molecular formula is C39H73O12P. The van der Waals surface area contributed by atoms with E-state index in [1.54, 1.807) is 0 Å². The van der Waals surface area contributed by atoms with Gasteiger partial charge in [-0.15, -0.1) is 0 Å². The predicted octanol–water partition coefficient (Wildman–Crippen LogP) is 6.97. The summed E-state index contributed by atoms with van der Waals surface area (Å²) in [5.41, 5.74) is 0. The average molecular weight is 765 g/mol. The summed E-state index contributed by atoms with van der Waals surface area (Å²) < 4.78 is 33.9. The Bertz CT molecular complexity index is 963. The standard InChI is InChI=1S/C39H73O12P/c1-3-5-7-9-11-13-14-15-16-17-18-19-20-21-23-25-27-29-48-30-32(50-33(40)28-26-24-22-12-10-8-6-4-2)31-49-52(46,47)51-39-37(44)35(42)34(41)36(43)38(39)45/h13-14,16-17,32,34-39,41-45H,3-12,15,18-31H2,1-2H3,(H,46,47)/b14-13-,17-16-. The van der Waals surface area contributed by atoms with E-state index < -0.39 is 63.1 Å². The fourth-order valence-electron chi connectivity index (χ4n) is 6.03. The first-order valence-corrected chi connectivity index (χ1v) is 21.7. The van der Waals surface area contributed by atoms with Gasteiger partial charge in [-0.2, -0.15) is 0 Å². The van der Waals surface area contributed by atoms with Crippen LogP contribution in [0.2, 0.25) is 0 Å². The van der Waals surface area contributed by atoms with Gasteiger partial charge in [0, 0.05) is 13.0 Å². The first-order valence-electron chi connectivity index (χ1n) is 20.2. The fraction of sp³-hybridized carbons (Fsp3) is 0.872. The van der Waals surface area contributed by atoms with Gasteiger partial charge in [0.05, 0.1) is 13.2 Å². The van der Waals surface area contributed by atoms with Crippen LogP contribution in [-0.4, -0.2) is 98.9 Å². The summed E-state index contributed by atoms with van der Waals surface area (Å²) in [5, 5.41) is 49.9. The summed E-state index contributed by atoms with van der Waals surface area (Å²) in [5.74, 6) is -0.487. The SMILES string of the molecule is CCCCCC/C=C\C/C=C\CCCCCCCCOCC(COP(=O)(O)OC1C(O)C(O)C(O)C(O)C1O)OC(=O)CCCCCCCCCC. The molecule has 1 rings (SSSR count). The molecule has 0 bridgehead atoms. The smallest absolute Gasteiger partial charge is 0.457 e. The number of ether oxygens (including phenoxy) is 2. The number of hydrogen-bond donors (Lipinski definition) is 6. The number of carbonyl (C=O) groups is 1. The van der Waals surface area contributed by atoms with E-state index in [1.807, 2.05) is 0 Å². The van der Waals surface area contributed by atoms with Gasteiger partial charge in [0.25, 0.3) is 0 Å². The van der Waals surface area contributed by atoms with Crippen LogP contribution in [0.3, 0.4) is 0 Å². The van der Waals surface area contributed by atoms with Gasteiger partial charge in [-0.05, 0) is 44.9 Å². The number of phosphoric acid groups is 1. The van der Waals surface area contributed by atoms with E-state index in [-0.39, 0.29) is 13.0 Å². The fourth-order valence-corrected chi connectivity index (χ4v) is 7.00. The lowest BCUT2D eigenvalue weighted by molar-refractivity contribution is -0.220. The summed E-state index contributed by atoms with van der Waals surface area (Å²) in [7, 11) is -5.01. The van der Waals surface area contributed by atoms with Gasteiger partial charge in [0.2, 0.25) is 0 Å². The Morgan fingerprint density at radius 1 is 0.615 bits per heavy atom. The molecule has 0 amide bonds. The van der Waals surface area contributed by atoms with Crippen LogP contribution < -0.4 is 0 Å². The highest BCUT2D eigenvalue weighted by Crippen LogP contribution is 2.47. The van der Waals surface area contributed by atoms with Crippen LogP contribution in [0, 0.1) is 0 Å². The van der Waals surface area contributed by atoms with Crippen LogP contribution >= 0.6 is 7.82 Å². The maximum Gasteiger partial charge on any atom is 0.472 e. The number of esters is 1. The van der Waals surface area contributed by atoms with E-state index in [1.165, 1.54) is 70.6 Å². The molecule has 0 aromatic heterocycles. The van der Waals surface area contributed by atoms with Crippen LogP contribution in [-0.2, 0) is 27.9 Å². The minimum absolute atomic E-state index is 0.0815. The van der Waals surface area contributed by atoms with Crippen molar-refractivity contribution >= 4 is 13.8 Å². The third-order valence-electron chi connectivity index (χ3n) is 9.33. The van der Waals surface area contributed by atoms with E-state index in [9.17, 15) is 39.8 Å². The summed E-state index contributed by atoms with van der Waals surface area (Å²) in [4.78, 5) is 22.9. The predicted molar refractivity (Wildman–Crippen MR) is 203 cm³/mol. The van der Waals surface area contributed by atoms with E-state index in [0.29, 0.717) is 13.0 Å². The normalized spacial score (nSPS) is 24.1. The number of carbonyl (C=O) groups excluding carboxylic acids is 1. The Morgan fingerprint density at radius 2 is 1.08 bits per heavy atom. The van der Waals surface area contributed by atoms with Crippen molar-refractivity contribution in [2.75, 3.05) is 19.8 Å². The largest absolute Gasteiger partial charge is 0.472 e. The first kappa shape index (κ1) is 48.8. The maximum atomic E-state index is 12.7. The number of phosphoric ester groups is 1. The van der Waals surface area contributed by atoms with Gasteiger partial charge in [-0.25, -0.2) is 4.57 Å². The Balaban J connectivity index is 2.42. The molecule has 6 unspecified atom stereocenters. The van der Waals surface area contributed by atoms with Crippen LogP contribution in [0.25, 0.3) is 0 Å². The minimum Gasteiger partial charge on any atom is -0.457 e. The molecule has 306 valence electrons. The Kier molecular flexibility index (Phi) is 29.2. The number of aliphatic hydroxyl groups is 5. The van der Waals surface area contributed by atoms with Crippen molar-refractivity contribution in [2.24, 2.45) is 0 Å². The molecule has 0 spiro atoms. The number of unbranched alkanes of at least 4 members (excludes halogenated alkanes) is 17. The minimum atomic E-state index is -5.01. The lowest BCUT2D eigenvalue weighted by Gasteiger charge is -2.41. The first-order chi connectivity index (χ1) is 25.0. The van der Waals surface area contributed by atoms with Crippen molar-refractivity contribution in [3.05, 3.63) is 24.3 Å². The lowest BCUT2D eigenvalue weighted by atomic mass is 9.85. The van der Waals surface area contributed by atoms with E-state index >= 15 is 0 Å². The zero-order valence-corrected chi connectivity index (χ0v) is 33.0. The topological polar surface area (TPSA) is 192 Å². The van der Waals surface area contributed by atoms with Crippen molar-refractivity contribution < 1.29 is 58.3 Å². The molecular weight excluding hydrogens is 691 g/mol.